The summed E-state index contributed by atoms with van der Waals surface area (Å²) in [7, 11) is -3.33. The Morgan fingerprint density at radius 1 is 1.24 bits per heavy atom. The number of fused-ring (bicyclic) bond motifs is 1. The molecule has 0 bridgehead atoms. The van der Waals surface area contributed by atoms with E-state index in [1.54, 1.807) is 11.7 Å². The van der Waals surface area contributed by atoms with Crippen LogP contribution in [-0.2, 0) is 52.8 Å². The highest BCUT2D eigenvalue weighted by molar-refractivity contribution is 8.00. The number of guanidine groups is 1. The fraction of sp³-hybridized carbons (Fsp3) is 0.440. The highest BCUT2D eigenvalue weighted by Gasteiger charge is 2.55. The van der Waals surface area contributed by atoms with Gasteiger partial charge < -0.3 is 58.9 Å². The number of hydrogen-bond donors (Lipinski definition) is 10. The molecule has 0 saturated carbocycles. The van der Waals surface area contributed by atoms with Crippen LogP contribution in [0.3, 0.4) is 0 Å². The van der Waals surface area contributed by atoms with Gasteiger partial charge in [0.15, 0.2) is 29.1 Å². The fourth-order valence-corrected chi connectivity index (χ4v) is 6.36. The molecule has 4 rings (SSSR count). The Hall–Kier alpha value is -5.62. The molecule has 0 spiro atoms. The molecule has 2 aliphatic rings. The number of nitrogen functional groups attached to an aromatic ring is 2. The maximum atomic E-state index is 13.3. The van der Waals surface area contributed by atoms with Gasteiger partial charge in [-0.1, -0.05) is 5.16 Å². The van der Waals surface area contributed by atoms with E-state index in [1.807, 2.05) is 0 Å². The lowest BCUT2D eigenvalue weighted by molar-refractivity contribution is -0.765. The molecule has 4 heterocycles. The molecule has 1 saturated heterocycles. The van der Waals surface area contributed by atoms with Crippen molar-refractivity contribution in [1.82, 2.24) is 24.3 Å². The highest BCUT2D eigenvalue weighted by atomic mass is 32.3. The number of aliphatic carboxylic acids is 2. The van der Waals surface area contributed by atoms with E-state index in [4.69, 9.17) is 51.0 Å². The number of nitrogens with zero attached hydrogens (tertiary/aromatic N) is 7. The largest absolute Gasteiger partial charge is 0.726 e. The minimum absolute atomic E-state index is 0.0143. The molecule has 296 valence electrons. The van der Waals surface area contributed by atoms with Crippen molar-refractivity contribution in [3.8, 4) is 0 Å². The second-order valence-corrected chi connectivity index (χ2v) is 14.3. The quantitative estimate of drug-likeness (QED) is 0.0163. The smallest absolute Gasteiger partial charge is 0.352 e. The van der Waals surface area contributed by atoms with Gasteiger partial charge in [-0.25, -0.2) is 23.0 Å². The van der Waals surface area contributed by atoms with Crippen molar-refractivity contribution in [2.45, 2.75) is 49.9 Å². The number of hydrogen-bond acceptors (Lipinski definition) is 18. The average Bonchev–Trinajstić information content (AvgIpc) is 3.59. The zero-order chi connectivity index (χ0) is 40.9. The number of oxime groups is 1. The van der Waals surface area contributed by atoms with Gasteiger partial charge in [0.25, 0.3) is 11.8 Å². The van der Waals surface area contributed by atoms with Crippen LogP contribution in [-0.4, -0.2) is 123 Å². The number of carbonyl (C=O) groups is 5. The first-order chi connectivity index (χ1) is 25.0. The molecule has 0 aliphatic carbocycles. The minimum atomic E-state index is -4.92. The van der Waals surface area contributed by atoms with Crippen LogP contribution in [0.15, 0.2) is 27.6 Å². The van der Waals surface area contributed by atoms with E-state index in [1.165, 1.54) is 36.5 Å². The van der Waals surface area contributed by atoms with Crippen LogP contribution in [0.5, 0.6) is 0 Å². The zero-order valence-electron chi connectivity index (χ0n) is 28.4. The van der Waals surface area contributed by atoms with Crippen LogP contribution in [0.2, 0.25) is 0 Å². The maximum Gasteiger partial charge on any atom is 0.352 e. The van der Waals surface area contributed by atoms with Gasteiger partial charge in [0.1, 0.15) is 23.2 Å². The molecule has 1 fully saturated rings. The van der Waals surface area contributed by atoms with Crippen LogP contribution in [0.1, 0.15) is 26.1 Å². The molecule has 29 heteroatoms. The predicted octanol–water partition coefficient (Wildman–Crippen LogP) is -4.71. The number of carboxylic acids is 2. The van der Waals surface area contributed by atoms with Crippen LogP contribution in [0.4, 0.5) is 16.6 Å². The Balaban J connectivity index is 0.00000147. The Morgan fingerprint density at radius 3 is 2.39 bits per heavy atom. The number of carbonyl (C=O) groups excluding carboxylic acids is 3. The average molecular weight is 821 g/mol. The number of anilines is 3. The number of nitrogens with two attached hydrogens (primary N) is 5. The zero-order valence-corrected chi connectivity index (χ0v) is 30.8. The summed E-state index contributed by atoms with van der Waals surface area (Å²) in [5, 5.41) is 27.5. The number of aromatic nitrogens is 4. The number of thioether (sulfide) groups is 1. The molecule has 54 heavy (non-hydrogen) atoms. The van der Waals surface area contributed by atoms with Crippen molar-refractivity contribution in [3.63, 3.8) is 0 Å². The van der Waals surface area contributed by atoms with Gasteiger partial charge in [0.05, 0.1) is 7.05 Å². The van der Waals surface area contributed by atoms with Gasteiger partial charge in [0, 0.05) is 22.9 Å². The van der Waals surface area contributed by atoms with Crippen LogP contribution < -0.4 is 44.0 Å². The SMILES string of the molecule is Cn1c(N)c(NC(=O)[C@H](CCN)N=C(N)N)c[n+]1CC1=C(C(=O)O)N2C(=O)[C@@H](NC(=O)/C(=N\OC(C)(C)C(=O)O)c3nsc(N)n3)[C@H]2SC1.O=S(=O)([O-])O. The fourth-order valence-electron chi connectivity index (χ4n) is 4.59. The van der Waals surface area contributed by atoms with Gasteiger partial charge in [-0.05, 0) is 26.8 Å². The molecule has 3 atom stereocenters. The number of rotatable bonds is 14. The number of nitrogens with one attached hydrogen (secondary N) is 2. The number of carboxylic acid groups (broad SMARTS) is 2. The molecular weight excluding hydrogens is 785 g/mol. The van der Waals surface area contributed by atoms with Crippen molar-refractivity contribution < 1.29 is 61.2 Å². The summed E-state index contributed by atoms with van der Waals surface area (Å²) in [5.74, 6) is -5.33. The van der Waals surface area contributed by atoms with Crippen molar-refractivity contribution >= 4 is 91.7 Å². The Morgan fingerprint density at radius 2 is 1.87 bits per heavy atom. The molecule has 26 nitrogen and oxygen atoms in total. The molecule has 0 aromatic carbocycles. The second kappa shape index (κ2) is 17.0. The molecule has 2 aromatic heterocycles. The van der Waals surface area contributed by atoms with E-state index in [9.17, 15) is 34.2 Å². The number of amides is 3. The Bertz CT molecular complexity index is 2010. The van der Waals surface area contributed by atoms with Gasteiger partial charge in [-0.15, -0.1) is 21.1 Å². The molecule has 0 radical (unpaired) electrons. The summed E-state index contributed by atoms with van der Waals surface area (Å²) in [6, 6.07) is -2.15. The lowest BCUT2D eigenvalue weighted by Gasteiger charge is -2.49. The molecule has 3 amide bonds. The third-order valence-corrected chi connectivity index (χ3v) is 9.11. The summed E-state index contributed by atoms with van der Waals surface area (Å²) in [4.78, 5) is 77.3. The summed E-state index contributed by atoms with van der Waals surface area (Å²) in [5.41, 5.74) is 26.2. The van der Waals surface area contributed by atoms with E-state index in [2.05, 4.69) is 30.1 Å². The first kappa shape index (κ1) is 42.8. The minimum Gasteiger partial charge on any atom is -0.726 e. The summed E-state index contributed by atoms with van der Waals surface area (Å²) < 4.78 is 39.8. The Labute approximate surface area is 313 Å². The first-order valence-electron chi connectivity index (χ1n) is 14.9. The predicted molar refractivity (Wildman–Crippen MR) is 188 cm³/mol. The van der Waals surface area contributed by atoms with E-state index >= 15 is 0 Å². The van der Waals surface area contributed by atoms with Crippen LogP contribution >= 0.6 is 23.3 Å². The van der Waals surface area contributed by atoms with Gasteiger partial charge in [-0.3, -0.25) is 23.8 Å². The number of β-lactam (4-membered cyclic amide) rings is 1. The molecule has 0 unspecified atom stereocenters. The first-order valence-corrected chi connectivity index (χ1v) is 18.1. The lowest BCUT2D eigenvalue weighted by atomic mass is 10.0. The van der Waals surface area contributed by atoms with E-state index in [-0.39, 0.29) is 59.4 Å². The third kappa shape index (κ3) is 10.5. The van der Waals surface area contributed by atoms with Gasteiger partial charge in [0.2, 0.25) is 39.6 Å². The standard InChI is InChI=1S/C25H34N14O8S2.H2O4S/c1-25(2,22(45)46)47-35-12(16-34-24(30)49-36-16)18(41)33-13-19(42)39-14(21(43)44)9(8-48-20(13)39)6-38-7-11(15(27)37(38)3)31-17(40)10(4-5-26)32-23(28)29;1-5(2,3)4/h7,10,13,20,27H,4-6,8,26H2,1-3H3,(H10,28,29,30,31,32,33,34,36,40,41,43,44,45,46);(H2,1,2,3,4)/b35-12-;/t10-,13+,20+;/m0./s1. The Kier molecular flexibility index (Phi) is 13.5. The molecule has 15 N–H and O–H groups in total. The highest BCUT2D eigenvalue weighted by Crippen LogP contribution is 2.40. The normalized spacial score (nSPS) is 17.6. The number of aliphatic imine (C=N–C) groups is 1. The van der Waals surface area contributed by atoms with Crippen molar-refractivity contribution in [2.24, 2.45) is 34.4 Å². The lowest BCUT2D eigenvalue weighted by Crippen LogP contribution is -2.71. The third-order valence-electron chi connectivity index (χ3n) is 7.23. The molecular formula is C25H36N14O12S3. The second-order valence-electron chi connectivity index (χ2n) is 11.5. The summed E-state index contributed by atoms with van der Waals surface area (Å²) >= 11 is 1.93. The summed E-state index contributed by atoms with van der Waals surface area (Å²) in [6.07, 6.45) is 1.65. The molecule has 2 aromatic rings. The topological polar surface area (TPSA) is 429 Å². The van der Waals surface area contributed by atoms with E-state index in [0.29, 0.717) is 5.57 Å². The van der Waals surface area contributed by atoms with Crippen LogP contribution in [0.25, 0.3) is 0 Å². The van der Waals surface area contributed by atoms with Gasteiger partial charge >= 0.3 is 11.9 Å². The molecule has 2 aliphatic heterocycles. The maximum absolute atomic E-state index is 13.3. The van der Waals surface area contributed by atoms with E-state index in [0.717, 1.165) is 16.4 Å². The van der Waals surface area contributed by atoms with Crippen LogP contribution in [0, 0.1) is 0 Å². The summed E-state index contributed by atoms with van der Waals surface area (Å²) in [6.45, 7) is 2.50. The van der Waals surface area contributed by atoms with Gasteiger partial charge in [-0.2, -0.15) is 9.36 Å². The van der Waals surface area contributed by atoms with Crippen molar-refractivity contribution in [2.75, 3.05) is 29.1 Å². The van der Waals surface area contributed by atoms with Crippen molar-refractivity contribution in [3.05, 3.63) is 23.3 Å². The van der Waals surface area contributed by atoms with Crippen molar-refractivity contribution in [1.29, 1.82) is 0 Å². The monoisotopic (exact) mass is 820 g/mol. The van der Waals surface area contributed by atoms with E-state index < -0.39 is 68.8 Å².